The second kappa shape index (κ2) is 4.27. The largest absolute Gasteiger partial charge is 0.378 e. The van der Waals surface area contributed by atoms with Crippen LogP contribution in [0.25, 0.3) is 5.65 Å². The minimum absolute atomic E-state index is 0.769. The molecule has 90 valence electrons. The van der Waals surface area contributed by atoms with Gasteiger partial charge in [-0.25, -0.2) is 4.98 Å². The lowest BCUT2D eigenvalue weighted by molar-refractivity contribution is 0.122. The van der Waals surface area contributed by atoms with Crippen LogP contribution in [0, 0.1) is 6.92 Å². The predicted octanol–water partition coefficient (Wildman–Crippen LogP) is 1.64. The lowest BCUT2D eigenvalue weighted by Gasteiger charge is -2.28. The van der Waals surface area contributed by atoms with Gasteiger partial charge in [0.15, 0.2) is 5.65 Å². The second-order valence-corrected chi connectivity index (χ2v) is 4.90. The van der Waals surface area contributed by atoms with Gasteiger partial charge in [0, 0.05) is 30.9 Å². The smallest absolute Gasteiger partial charge is 0.158 e. The summed E-state index contributed by atoms with van der Waals surface area (Å²) in [6.07, 6.45) is 0. The first-order valence-electron chi connectivity index (χ1n) is 5.60. The fraction of sp³-hybridized carbons (Fsp3) is 0.455. The number of hydrogen-bond donors (Lipinski definition) is 0. The maximum absolute atomic E-state index is 5.37. The summed E-state index contributed by atoms with van der Waals surface area (Å²) in [6, 6.07) is 3.99. The van der Waals surface area contributed by atoms with Crippen LogP contribution >= 0.6 is 15.9 Å². The van der Waals surface area contributed by atoms with Crippen LogP contribution in [0.5, 0.6) is 0 Å². The average molecular weight is 297 g/mol. The van der Waals surface area contributed by atoms with E-state index in [4.69, 9.17) is 4.74 Å². The van der Waals surface area contributed by atoms with Crippen molar-refractivity contribution in [3.05, 3.63) is 22.4 Å². The molecule has 1 saturated heterocycles. The molecule has 1 aliphatic heterocycles. The number of rotatable bonds is 1. The van der Waals surface area contributed by atoms with E-state index in [1.807, 2.05) is 17.5 Å². The molecule has 0 aliphatic carbocycles. The Morgan fingerprint density at radius 2 is 2.06 bits per heavy atom. The molecule has 0 bridgehead atoms. The topological polar surface area (TPSA) is 42.7 Å². The van der Waals surface area contributed by atoms with Crippen molar-refractivity contribution in [2.75, 3.05) is 31.2 Å². The Balaban J connectivity index is 2.12. The SMILES string of the molecule is Cc1cc(N2CCOCC2)n2nc(Br)cc2n1. The van der Waals surface area contributed by atoms with Crippen molar-refractivity contribution < 1.29 is 4.74 Å². The van der Waals surface area contributed by atoms with E-state index in [2.05, 4.69) is 37.0 Å². The van der Waals surface area contributed by atoms with Crippen molar-refractivity contribution in [2.45, 2.75) is 6.92 Å². The number of morpholine rings is 1. The van der Waals surface area contributed by atoms with Crippen LogP contribution in [0.4, 0.5) is 5.82 Å². The number of aryl methyl sites for hydroxylation is 1. The standard InChI is InChI=1S/C11H13BrN4O/c1-8-6-11(15-2-4-17-5-3-15)16-10(13-8)7-9(12)14-16/h6-7H,2-5H2,1H3. The number of hydrogen-bond acceptors (Lipinski definition) is 4. The van der Waals surface area contributed by atoms with Crippen LogP contribution in [0.2, 0.25) is 0 Å². The van der Waals surface area contributed by atoms with Gasteiger partial charge in [-0.15, -0.1) is 0 Å². The highest BCUT2D eigenvalue weighted by molar-refractivity contribution is 9.10. The van der Waals surface area contributed by atoms with Gasteiger partial charge in [-0.3, -0.25) is 0 Å². The molecule has 2 aromatic rings. The molecule has 0 radical (unpaired) electrons. The molecule has 5 nitrogen and oxygen atoms in total. The van der Waals surface area contributed by atoms with Crippen molar-refractivity contribution in [1.29, 1.82) is 0 Å². The van der Waals surface area contributed by atoms with Gasteiger partial charge >= 0.3 is 0 Å². The van der Waals surface area contributed by atoms with Crippen molar-refractivity contribution in [1.82, 2.24) is 14.6 Å². The van der Waals surface area contributed by atoms with E-state index in [1.165, 1.54) is 0 Å². The molecule has 3 heterocycles. The van der Waals surface area contributed by atoms with E-state index in [1.54, 1.807) is 0 Å². The molecular weight excluding hydrogens is 284 g/mol. The summed E-state index contributed by atoms with van der Waals surface area (Å²) in [6.45, 7) is 5.34. The van der Waals surface area contributed by atoms with Crippen molar-refractivity contribution in [2.24, 2.45) is 0 Å². The first-order valence-corrected chi connectivity index (χ1v) is 6.39. The van der Waals surface area contributed by atoms with E-state index < -0.39 is 0 Å². The Labute approximate surface area is 108 Å². The highest BCUT2D eigenvalue weighted by Crippen LogP contribution is 2.20. The molecule has 1 aliphatic rings. The fourth-order valence-electron chi connectivity index (χ4n) is 2.07. The zero-order valence-corrected chi connectivity index (χ0v) is 11.1. The number of aromatic nitrogens is 3. The third kappa shape index (κ3) is 2.02. The molecular formula is C11H13BrN4O. The fourth-order valence-corrected chi connectivity index (χ4v) is 2.43. The number of anilines is 1. The van der Waals surface area contributed by atoms with Crippen LogP contribution in [0.3, 0.4) is 0 Å². The molecule has 17 heavy (non-hydrogen) atoms. The summed E-state index contributed by atoms with van der Waals surface area (Å²) < 4.78 is 8.06. The quantitative estimate of drug-likeness (QED) is 0.802. The molecule has 6 heteroatoms. The highest BCUT2D eigenvalue weighted by atomic mass is 79.9. The molecule has 3 rings (SSSR count). The van der Waals surface area contributed by atoms with Gasteiger partial charge in [-0.2, -0.15) is 9.61 Å². The van der Waals surface area contributed by atoms with Gasteiger partial charge in [0.25, 0.3) is 0 Å². The Bertz CT molecular complexity index is 548. The normalized spacial score (nSPS) is 16.7. The minimum Gasteiger partial charge on any atom is -0.378 e. The van der Waals surface area contributed by atoms with E-state index in [0.29, 0.717) is 0 Å². The lowest BCUT2D eigenvalue weighted by atomic mass is 10.3. The summed E-state index contributed by atoms with van der Waals surface area (Å²) in [4.78, 5) is 6.75. The first-order chi connectivity index (χ1) is 8.24. The Morgan fingerprint density at radius 1 is 1.29 bits per heavy atom. The van der Waals surface area contributed by atoms with Crippen LogP contribution in [0.1, 0.15) is 5.69 Å². The number of halogens is 1. The van der Waals surface area contributed by atoms with Crippen LogP contribution in [-0.2, 0) is 4.74 Å². The summed E-state index contributed by atoms with van der Waals surface area (Å²) >= 11 is 3.39. The zero-order chi connectivity index (χ0) is 11.8. The Morgan fingerprint density at radius 3 is 2.82 bits per heavy atom. The molecule has 1 fully saturated rings. The van der Waals surface area contributed by atoms with Crippen molar-refractivity contribution in [3.8, 4) is 0 Å². The zero-order valence-electron chi connectivity index (χ0n) is 9.56. The van der Waals surface area contributed by atoms with E-state index in [-0.39, 0.29) is 0 Å². The van der Waals surface area contributed by atoms with Gasteiger partial charge in [0.05, 0.1) is 13.2 Å². The maximum Gasteiger partial charge on any atom is 0.158 e. The summed E-state index contributed by atoms with van der Waals surface area (Å²) in [5.41, 5.74) is 1.88. The van der Waals surface area contributed by atoms with E-state index in [0.717, 1.165) is 48.1 Å². The Hall–Kier alpha value is -1.14. The molecule has 0 saturated carbocycles. The van der Waals surface area contributed by atoms with Crippen molar-refractivity contribution in [3.63, 3.8) is 0 Å². The van der Waals surface area contributed by atoms with E-state index >= 15 is 0 Å². The number of nitrogens with zero attached hydrogens (tertiary/aromatic N) is 4. The third-order valence-electron chi connectivity index (χ3n) is 2.84. The van der Waals surface area contributed by atoms with Gasteiger partial charge < -0.3 is 9.64 Å². The average Bonchev–Trinajstić information content (AvgIpc) is 2.69. The first kappa shape index (κ1) is 11.0. The lowest BCUT2D eigenvalue weighted by Crippen LogP contribution is -2.37. The maximum atomic E-state index is 5.37. The molecule has 0 atom stereocenters. The minimum atomic E-state index is 0.769. The molecule has 2 aromatic heterocycles. The van der Waals surface area contributed by atoms with Crippen molar-refractivity contribution >= 4 is 27.4 Å². The predicted molar refractivity (Wildman–Crippen MR) is 68.5 cm³/mol. The number of fused-ring (bicyclic) bond motifs is 1. The molecule has 0 aromatic carbocycles. The molecule has 0 amide bonds. The highest BCUT2D eigenvalue weighted by Gasteiger charge is 2.16. The summed E-state index contributed by atoms with van der Waals surface area (Å²) in [5.74, 6) is 1.08. The Kier molecular flexibility index (Phi) is 2.76. The van der Waals surface area contributed by atoms with Gasteiger partial charge in [-0.05, 0) is 22.9 Å². The second-order valence-electron chi connectivity index (χ2n) is 4.09. The van der Waals surface area contributed by atoms with E-state index in [9.17, 15) is 0 Å². The molecule has 0 spiro atoms. The number of ether oxygens (including phenoxy) is 1. The van der Waals surface area contributed by atoms with Crippen LogP contribution in [0.15, 0.2) is 16.7 Å². The van der Waals surface area contributed by atoms with Gasteiger partial charge in [0.2, 0.25) is 0 Å². The summed E-state index contributed by atoms with van der Waals surface area (Å²) in [5, 5.41) is 4.42. The van der Waals surface area contributed by atoms with Crippen LogP contribution in [-0.4, -0.2) is 40.9 Å². The van der Waals surface area contributed by atoms with Gasteiger partial charge in [0.1, 0.15) is 10.4 Å². The monoisotopic (exact) mass is 296 g/mol. The summed E-state index contributed by atoms with van der Waals surface area (Å²) in [7, 11) is 0. The van der Waals surface area contributed by atoms with Crippen LogP contribution < -0.4 is 4.90 Å². The third-order valence-corrected chi connectivity index (χ3v) is 3.23. The molecule has 0 unspecified atom stereocenters. The molecule has 0 N–H and O–H groups in total. The van der Waals surface area contributed by atoms with Gasteiger partial charge in [-0.1, -0.05) is 0 Å².